The second kappa shape index (κ2) is 7.28. The third-order valence-corrected chi connectivity index (χ3v) is 7.29. The summed E-state index contributed by atoms with van der Waals surface area (Å²) < 4.78 is 54.8. The van der Waals surface area contributed by atoms with Crippen LogP contribution in [0, 0.1) is 0 Å². The summed E-state index contributed by atoms with van der Waals surface area (Å²) >= 11 is 1.38. The maximum absolute atomic E-state index is 15.6. The fraction of sp³-hybridized carbons (Fsp3) is 0.478. The lowest BCUT2D eigenvalue weighted by atomic mass is 9.79. The quantitative estimate of drug-likeness (QED) is 0.684. The van der Waals surface area contributed by atoms with Crippen LogP contribution in [0.5, 0.6) is 0 Å². The summed E-state index contributed by atoms with van der Waals surface area (Å²) in [4.78, 5) is 0.903. The van der Waals surface area contributed by atoms with Crippen LogP contribution < -0.4 is 0 Å². The molecule has 0 aliphatic carbocycles. The molecule has 0 amide bonds. The lowest BCUT2D eigenvalue weighted by Crippen LogP contribution is -2.66. The zero-order chi connectivity index (χ0) is 21.0. The van der Waals surface area contributed by atoms with Crippen LogP contribution in [0.3, 0.4) is 0 Å². The van der Waals surface area contributed by atoms with Crippen LogP contribution in [0.2, 0.25) is 0 Å². The molecule has 2 aromatic rings. The number of fused-ring (bicyclic) bond motifs is 3. The highest BCUT2D eigenvalue weighted by molar-refractivity contribution is 8.00. The maximum atomic E-state index is 15.6. The van der Waals surface area contributed by atoms with Crippen molar-refractivity contribution >= 4 is 11.8 Å². The molecule has 3 heterocycles. The normalized spacial score (nSPS) is 35.9. The third-order valence-electron chi connectivity index (χ3n) is 5.96. The summed E-state index contributed by atoms with van der Waals surface area (Å²) in [6.45, 7) is 3.40. The Morgan fingerprint density at radius 2 is 1.67 bits per heavy atom. The third kappa shape index (κ3) is 3.19. The molecular formula is C23H24F2O4S. The first-order valence-corrected chi connectivity index (χ1v) is 11.0. The summed E-state index contributed by atoms with van der Waals surface area (Å²) in [7, 11) is 0. The molecule has 5 atom stereocenters. The van der Waals surface area contributed by atoms with Gasteiger partial charge in [0.1, 0.15) is 18.3 Å². The van der Waals surface area contributed by atoms with E-state index in [-0.39, 0.29) is 6.61 Å². The van der Waals surface area contributed by atoms with E-state index < -0.39 is 40.9 Å². The molecule has 7 heteroatoms. The number of thioether (sulfide) groups is 1. The van der Waals surface area contributed by atoms with Crippen LogP contribution in [0.15, 0.2) is 65.6 Å². The maximum Gasteiger partial charge on any atom is 0.308 e. The molecule has 160 valence electrons. The number of rotatable bonds is 5. The van der Waals surface area contributed by atoms with Gasteiger partial charge < -0.3 is 18.9 Å². The van der Waals surface area contributed by atoms with Crippen molar-refractivity contribution < 1.29 is 27.7 Å². The van der Waals surface area contributed by atoms with E-state index in [1.54, 1.807) is 13.8 Å². The minimum atomic E-state index is -3.19. The molecule has 3 aliphatic rings. The molecule has 0 radical (unpaired) electrons. The molecule has 0 saturated carbocycles. The van der Waals surface area contributed by atoms with Crippen LogP contribution in [0.4, 0.5) is 8.78 Å². The van der Waals surface area contributed by atoms with Gasteiger partial charge in [0.25, 0.3) is 0 Å². The smallest absolute Gasteiger partial charge is 0.308 e. The van der Waals surface area contributed by atoms with Crippen molar-refractivity contribution in [2.24, 2.45) is 0 Å². The molecule has 3 aliphatic heterocycles. The summed E-state index contributed by atoms with van der Waals surface area (Å²) in [6.07, 6.45) is -2.78. The Morgan fingerprint density at radius 3 is 2.30 bits per heavy atom. The second-order valence-electron chi connectivity index (χ2n) is 8.44. The predicted octanol–water partition coefficient (Wildman–Crippen LogP) is 4.67. The van der Waals surface area contributed by atoms with E-state index in [0.29, 0.717) is 6.61 Å². The summed E-state index contributed by atoms with van der Waals surface area (Å²) in [5.41, 5.74) is -0.857. The van der Waals surface area contributed by atoms with Crippen molar-refractivity contribution in [3.05, 3.63) is 66.2 Å². The van der Waals surface area contributed by atoms with Gasteiger partial charge in [-0.15, -0.1) is 11.8 Å². The molecule has 2 aromatic carbocycles. The number of halogens is 2. The number of hydrogen-bond donors (Lipinski definition) is 0. The zero-order valence-corrected chi connectivity index (χ0v) is 17.6. The molecule has 5 rings (SSSR count). The van der Waals surface area contributed by atoms with Gasteiger partial charge in [-0.3, -0.25) is 0 Å². The first-order chi connectivity index (χ1) is 14.3. The van der Waals surface area contributed by atoms with E-state index in [0.717, 1.165) is 10.5 Å². The molecule has 0 aromatic heterocycles. The summed E-state index contributed by atoms with van der Waals surface area (Å²) in [6, 6.07) is 19.2. The topological polar surface area (TPSA) is 36.9 Å². The van der Waals surface area contributed by atoms with Gasteiger partial charge in [-0.05, 0) is 31.5 Å². The molecular weight excluding hydrogens is 410 g/mol. The Balaban J connectivity index is 1.46. The molecule has 0 unspecified atom stereocenters. The minimum absolute atomic E-state index is 0.220. The average molecular weight is 435 g/mol. The molecule has 3 fully saturated rings. The van der Waals surface area contributed by atoms with Gasteiger partial charge in [-0.2, -0.15) is 0 Å². The molecule has 3 saturated heterocycles. The Bertz CT molecular complexity index is 895. The molecule has 2 bridgehead atoms. The second-order valence-corrected chi connectivity index (χ2v) is 9.69. The van der Waals surface area contributed by atoms with Crippen LogP contribution in [-0.4, -0.2) is 47.5 Å². The summed E-state index contributed by atoms with van der Waals surface area (Å²) in [5.74, 6) is -4.28. The average Bonchev–Trinajstić information content (AvgIpc) is 3.32. The first-order valence-electron chi connectivity index (χ1n) is 10.1. The van der Waals surface area contributed by atoms with Gasteiger partial charge in [-0.25, -0.2) is 8.78 Å². The zero-order valence-electron chi connectivity index (χ0n) is 16.8. The van der Waals surface area contributed by atoms with E-state index in [1.165, 1.54) is 11.8 Å². The monoisotopic (exact) mass is 434 g/mol. The largest absolute Gasteiger partial charge is 0.369 e. The number of alkyl halides is 2. The van der Waals surface area contributed by atoms with E-state index in [4.69, 9.17) is 18.9 Å². The van der Waals surface area contributed by atoms with Crippen molar-refractivity contribution in [3.63, 3.8) is 0 Å². The van der Waals surface area contributed by atoms with Gasteiger partial charge in [-0.1, -0.05) is 48.5 Å². The van der Waals surface area contributed by atoms with Crippen LogP contribution in [-0.2, 0) is 25.6 Å². The number of benzene rings is 2. The van der Waals surface area contributed by atoms with E-state index in [2.05, 4.69) is 0 Å². The van der Waals surface area contributed by atoms with E-state index >= 15 is 8.78 Å². The fourth-order valence-electron chi connectivity index (χ4n) is 4.57. The highest BCUT2D eigenvalue weighted by Gasteiger charge is 2.82. The van der Waals surface area contributed by atoms with Gasteiger partial charge in [0.2, 0.25) is 0 Å². The molecule has 0 N–H and O–H groups in total. The molecule has 30 heavy (non-hydrogen) atoms. The van der Waals surface area contributed by atoms with Crippen LogP contribution >= 0.6 is 11.8 Å². The number of hydrogen-bond acceptors (Lipinski definition) is 5. The van der Waals surface area contributed by atoms with Gasteiger partial charge >= 0.3 is 5.92 Å². The van der Waals surface area contributed by atoms with Crippen molar-refractivity contribution in [1.82, 2.24) is 0 Å². The Morgan fingerprint density at radius 1 is 1.00 bits per heavy atom. The highest BCUT2D eigenvalue weighted by Crippen LogP contribution is 2.61. The van der Waals surface area contributed by atoms with Crippen molar-refractivity contribution in [1.29, 1.82) is 0 Å². The Labute approximate surface area is 178 Å². The van der Waals surface area contributed by atoms with Crippen molar-refractivity contribution in [2.45, 2.75) is 66.2 Å². The highest BCUT2D eigenvalue weighted by atomic mass is 32.2. The van der Waals surface area contributed by atoms with Gasteiger partial charge in [0.05, 0.1) is 18.5 Å². The number of ether oxygens (including phenoxy) is 4. The van der Waals surface area contributed by atoms with Crippen molar-refractivity contribution in [3.8, 4) is 0 Å². The van der Waals surface area contributed by atoms with Crippen LogP contribution in [0.25, 0.3) is 0 Å². The Hall–Kier alpha value is -1.51. The van der Waals surface area contributed by atoms with Crippen LogP contribution in [0.1, 0.15) is 19.4 Å². The molecule has 1 spiro atoms. The van der Waals surface area contributed by atoms with E-state index in [9.17, 15) is 0 Å². The summed E-state index contributed by atoms with van der Waals surface area (Å²) in [5, 5.41) is -0.561. The fourth-order valence-corrected chi connectivity index (χ4v) is 5.91. The minimum Gasteiger partial charge on any atom is -0.369 e. The Kier molecular flexibility index (Phi) is 4.95. The predicted molar refractivity (Wildman–Crippen MR) is 109 cm³/mol. The van der Waals surface area contributed by atoms with E-state index in [1.807, 2.05) is 60.7 Å². The molecule has 4 nitrogen and oxygen atoms in total. The SMILES string of the molecule is CC1(C)OC[C@@]2(O1)[C@H]1O[C@H]([C@H](Sc3ccccc3)[C@H]1OCc1ccccc1)C2(F)F. The van der Waals surface area contributed by atoms with Gasteiger partial charge in [0, 0.05) is 4.90 Å². The standard InChI is InChI=1S/C23H24F2O4S/c1-21(2)27-14-22(29-21)19-17(26-13-15-9-5-3-6-10-15)18(20(28-19)23(22,24)25)30-16-11-7-4-8-12-16/h3-12,17-20H,13-14H2,1-2H3/t17-,18-,19+,20-,22-/m1/s1. The van der Waals surface area contributed by atoms with Crippen molar-refractivity contribution in [2.75, 3.05) is 6.61 Å². The van der Waals surface area contributed by atoms with Gasteiger partial charge in [0.15, 0.2) is 11.4 Å². The lowest BCUT2D eigenvalue weighted by molar-refractivity contribution is -0.243. The lowest BCUT2D eigenvalue weighted by Gasteiger charge is -2.43. The first kappa shape index (κ1) is 20.4.